The minimum absolute atomic E-state index is 0.508. The Morgan fingerprint density at radius 3 is 3.11 bits per heavy atom. The summed E-state index contributed by atoms with van der Waals surface area (Å²) in [6.45, 7) is 7.69. The van der Waals surface area contributed by atoms with Crippen LogP contribution >= 0.6 is 0 Å². The third kappa shape index (κ3) is 3.75. The monoisotopic (exact) mass is 265 g/mol. The minimum atomic E-state index is 0.508. The first-order valence-corrected chi connectivity index (χ1v) is 7.25. The molecule has 2 aliphatic rings. The molecule has 6 nitrogen and oxygen atoms in total. The van der Waals surface area contributed by atoms with E-state index in [1.807, 2.05) is 4.68 Å². The van der Waals surface area contributed by atoms with Crippen LogP contribution < -0.4 is 5.32 Å². The molecule has 2 fully saturated rings. The average molecular weight is 265 g/mol. The van der Waals surface area contributed by atoms with Gasteiger partial charge in [0.25, 0.3) is 0 Å². The number of ether oxygens (including phenoxy) is 1. The summed E-state index contributed by atoms with van der Waals surface area (Å²) >= 11 is 0. The smallest absolute Gasteiger partial charge is 0.0964 e. The molecule has 0 aromatic carbocycles. The topological polar surface area (TPSA) is 55.2 Å². The number of aromatic nitrogens is 3. The number of morpholine rings is 1. The van der Waals surface area contributed by atoms with Crippen LogP contribution in [0.2, 0.25) is 0 Å². The molecular weight excluding hydrogens is 242 g/mol. The normalized spacial score (nSPS) is 24.8. The summed E-state index contributed by atoms with van der Waals surface area (Å²) in [5, 5.41) is 11.9. The Morgan fingerprint density at radius 2 is 2.32 bits per heavy atom. The first-order valence-electron chi connectivity index (χ1n) is 7.25. The van der Waals surface area contributed by atoms with Gasteiger partial charge >= 0.3 is 0 Å². The third-order valence-electron chi connectivity index (χ3n) is 3.86. The van der Waals surface area contributed by atoms with Gasteiger partial charge < -0.3 is 10.1 Å². The molecule has 1 saturated carbocycles. The molecule has 1 aliphatic carbocycles. The van der Waals surface area contributed by atoms with E-state index in [-0.39, 0.29) is 0 Å². The van der Waals surface area contributed by atoms with Gasteiger partial charge in [0.2, 0.25) is 0 Å². The predicted octanol–water partition coefficient (Wildman–Crippen LogP) is 0.251. The summed E-state index contributed by atoms with van der Waals surface area (Å²) in [6.07, 6.45) is 4.67. The lowest BCUT2D eigenvalue weighted by Crippen LogP contribution is -2.44. The highest BCUT2D eigenvalue weighted by molar-refractivity contribution is 4.94. The fraction of sp³-hybridized carbons (Fsp3) is 0.846. The first-order chi connectivity index (χ1) is 9.31. The maximum atomic E-state index is 5.44. The van der Waals surface area contributed by atoms with Crippen LogP contribution in [0.4, 0.5) is 0 Å². The van der Waals surface area contributed by atoms with Crippen LogP contribution in [0.3, 0.4) is 0 Å². The first kappa shape index (κ1) is 13.0. The highest BCUT2D eigenvalue weighted by Crippen LogP contribution is 2.18. The van der Waals surface area contributed by atoms with Gasteiger partial charge in [-0.3, -0.25) is 9.58 Å². The maximum Gasteiger partial charge on any atom is 0.0964 e. The molecule has 1 unspecified atom stereocenters. The van der Waals surface area contributed by atoms with Gasteiger partial charge in [-0.15, -0.1) is 5.10 Å². The third-order valence-corrected chi connectivity index (χ3v) is 3.86. The van der Waals surface area contributed by atoms with Crippen molar-refractivity contribution in [1.82, 2.24) is 25.2 Å². The fourth-order valence-electron chi connectivity index (χ4n) is 2.39. The zero-order valence-corrected chi connectivity index (χ0v) is 11.6. The van der Waals surface area contributed by atoms with Crippen molar-refractivity contribution < 1.29 is 4.74 Å². The second-order valence-electron chi connectivity index (χ2n) is 5.59. The standard InChI is InChI=1S/C13H23N5O/c1-11-10-19-7-6-17(11)4-5-18-9-13(15-16-18)8-14-12-2-3-12/h9,11-12,14H,2-8,10H2,1H3. The molecule has 6 heteroatoms. The molecule has 0 bridgehead atoms. The van der Waals surface area contributed by atoms with E-state index in [4.69, 9.17) is 4.74 Å². The van der Waals surface area contributed by atoms with Crippen LogP contribution in [-0.4, -0.2) is 58.3 Å². The van der Waals surface area contributed by atoms with Crippen molar-refractivity contribution in [3.63, 3.8) is 0 Å². The molecule has 1 aromatic heterocycles. The lowest BCUT2D eigenvalue weighted by atomic mass is 10.2. The molecule has 1 aliphatic heterocycles. The van der Waals surface area contributed by atoms with Crippen molar-refractivity contribution in [1.29, 1.82) is 0 Å². The van der Waals surface area contributed by atoms with E-state index in [1.165, 1.54) is 12.8 Å². The van der Waals surface area contributed by atoms with Crippen LogP contribution in [0.15, 0.2) is 6.20 Å². The van der Waals surface area contributed by atoms with Gasteiger partial charge in [-0.1, -0.05) is 5.21 Å². The summed E-state index contributed by atoms with van der Waals surface area (Å²) in [5.41, 5.74) is 1.04. The lowest BCUT2D eigenvalue weighted by Gasteiger charge is -2.32. The van der Waals surface area contributed by atoms with Gasteiger partial charge in [0, 0.05) is 37.9 Å². The quantitative estimate of drug-likeness (QED) is 0.799. The van der Waals surface area contributed by atoms with Gasteiger partial charge in [-0.05, 0) is 19.8 Å². The Hall–Kier alpha value is -0.980. The largest absolute Gasteiger partial charge is 0.379 e. The van der Waals surface area contributed by atoms with Gasteiger partial charge in [-0.2, -0.15) is 0 Å². The predicted molar refractivity (Wildman–Crippen MR) is 71.7 cm³/mol. The molecule has 1 N–H and O–H groups in total. The van der Waals surface area contributed by atoms with E-state index < -0.39 is 0 Å². The van der Waals surface area contributed by atoms with E-state index >= 15 is 0 Å². The van der Waals surface area contributed by atoms with Crippen LogP contribution in [0.5, 0.6) is 0 Å². The molecule has 3 rings (SSSR count). The molecule has 1 saturated heterocycles. The van der Waals surface area contributed by atoms with E-state index in [0.29, 0.717) is 6.04 Å². The number of rotatable bonds is 6. The van der Waals surface area contributed by atoms with Crippen molar-refractivity contribution >= 4 is 0 Å². The SMILES string of the molecule is CC1COCCN1CCn1cc(CNC2CC2)nn1. The van der Waals surface area contributed by atoms with Crippen molar-refractivity contribution in [3.05, 3.63) is 11.9 Å². The molecule has 19 heavy (non-hydrogen) atoms. The van der Waals surface area contributed by atoms with Crippen molar-refractivity contribution in [2.45, 2.75) is 44.9 Å². The zero-order valence-electron chi connectivity index (χ0n) is 11.6. The second-order valence-corrected chi connectivity index (χ2v) is 5.59. The number of nitrogens with zero attached hydrogens (tertiary/aromatic N) is 4. The Morgan fingerprint density at radius 1 is 1.42 bits per heavy atom. The summed E-state index contributed by atoms with van der Waals surface area (Å²) in [6, 6.07) is 1.23. The molecule has 1 aromatic rings. The number of hydrogen-bond acceptors (Lipinski definition) is 5. The molecule has 106 valence electrons. The Bertz CT molecular complexity index is 403. The Labute approximate surface area is 114 Å². The fourth-order valence-corrected chi connectivity index (χ4v) is 2.39. The van der Waals surface area contributed by atoms with Crippen LogP contribution in [0, 0.1) is 0 Å². The van der Waals surface area contributed by atoms with Gasteiger partial charge in [-0.25, -0.2) is 0 Å². The number of hydrogen-bond donors (Lipinski definition) is 1. The molecule has 0 radical (unpaired) electrons. The number of nitrogens with one attached hydrogen (secondary N) is 1. The average Bonchev–Trinajstić information content (AvgIpc) is 3.14. The highest BCUT2D eigenvalue weighted by Gasteiger charge is 2.21. The Balaban J connectivity index is 1.43. The van der Waals surface area contributed by atoms with E-state index in [2.05, 4.69) is 33.6 Å². The molecule has 1 atom stereocenters. The zero-order chi connectivity index (χ0) is 13.1. The van der Waals surface area contributed by atoms with Crippen molar-refractivity contribution in [2.24, 2.45) is 0 Å². The van der Waals surface area contributed by atoms with E-state index in [9.17, 15) is 0 Å². The molecule has 2 heterocycles. The van der Waals surface area contributed by atoms with Crippen LogP contribution in [0.25, 0.3) is 0 Å². The van der Waals surface area contributed by atoms with E-state index in [1.54, 1.807) is 0 Å². The Kier molecular flexibility index (Phi) is 4.10. The van der Waals surface area contributed by atoms with Gasteiger partial charge in [0.15, 0.2) is 0 Å². The minimum Gasteiger partial charge on any atom is -0.379 e. The molecular formula is C13H23N5O. The molecule has 0 spiro atoms. The summed E-state index contributed by atoms with van der Waals surface area (Å²) in [4.78, 5) is 2.45. The van der Waals surface area contributed by atoms with Gasteiger partial charge in [0.1, 0.15) is 0 Å². The van der Waals surface area contributed by atoms with Gasteiger partial charge in [0.05, 0.1) is 25.5 Å². The lowest BCUT2D eigenvalue weighted by molar-refractivity contribution is -0.00209. The highest BCUT2D eigenvalue weighted by atomic mass is 16.5. The summed E-state index contributed by atoms with van der Waals surface area (Å²) < 4.78 is 7.39. The van der Waals surface area contributed by atoms with Crippen molar-refractivity contribution in [2.75, 3.05) is 26.3 Å². The second kappa shape index (κ2) is 5.98. The summed E-state index contributed by atoms with van der Waals surface area (Å²) in [7, 11) is 0. The van der Waals surface area contributed by atoms with Crippen molar-refractivity contribution in [3.8, 4) is 0 Å². The maximum absolute atomic E-state index is 5.44. The van der Waals surface area contributed by atoms with E-state index in [0.717, 1.165) is 51.1 Å². The molecule has 0 amide bonds. The van der Waals surface area contributed by atoms with Crippen LogP contribution in [0.1, 0.15) is 25.5 Å². The summed E-state index contributed by atoms with van der Waals surface area (Å²) in [5.74, 6) is 0. The van der Waals surface area contributed by atoms with Crippen LogP contribution in [-0.2, 0) is 17.8 Å².